The van der Waals surface area contributed by atoms with Crippen molar-refractivity contribution in [3.8, 4) is 0 Å². The third-order valence-electron chi connectivity index (χ3n) is 2.02. The van der Waals surface area contributed by atoms with Crippen LogP contribution in [0.25, 0.3) is 0 Å². The summed E-state index contributed by atoms with van der Waals surface area (Å²) in [6.07, 6.45) is 0. The van der Waals surface area contributed by atoms with Crippen LogP contribution in [-0.2, 0) is 0 Å². The Labute approximate surface area is 118 Å². The van der Waals surface area contributed by atoms with Crippen LogP contribution in [0.1, 0.15) is 13.8 Å². The maximum Gasteiger partial charge on any atom is 0.0872 e. The molecule has 0 aliphatic heterocycles. The van der Waals surface area contributed by atoms with Crippen LogP contribution in [0, 0.1) is 0 Å². The van der Waals surface area contributed by atoms with E-state index in [-0.39, 0.29) is 0 Å². The molecule has 0 spiro atoms. The molecule has 17 heavy (non-hydrogen) atoms. The molecule has 0 aliphatic rings. The molecule has 0 saturated carbocycles. The Morgan fingerprint density at radius 2 is 1.29 bits per heavy atom. The second-order valence-electron chi connectivity index (χ2n) is 5.20. The first-order valence-corrected chi connectivity index (χ1v) is 8.98. The minimum absolute atomic E-state index is 1.09. The molecule has 0 radical (unpaired) electrons. The van der Waals surface area contributed by atoms with E-state index >= 15 is 0 Å². The molecule has 0 bridgehead atoms. The Balaban J connectivity index is 0. The molecule has 0 unspecified atom stereocenters. The molecular weight excluding hydrogens is 248 g/mol. The number of rotatable bonds is 9. The zero-order valence-electron chi connectivity index (χ0n) is 13.0. The van der Waals surface area contributed by atoms with Crippen molar-refractivity contribution in [3.05, 3.63) is 0 Å². The second kappa shape index (κ2) is 13.1. The SMILES string of the molecule is CC.C[NH+](C)CCSCCSCC[N+](C)(C)C. The minimum Gasteiger partial charge on any atom is -0.339 e. The normalized spacial score (nSPS) is 11.3. The predicted molar refractivity (Wildman–Crippen MR) is 86.6 cm³/mol. The van der Waals surface area contributed by atoms with Gasteiger partial charge >= 0.3 is 0 Å². The minimum atomic E-state index is 1.09. The summed E-state index contributed by atoms with van der Waals surface area (Å²) in [7, 11) is 11.2. The molecule has 0 aliphatic carbocycles. The van der Waals surface area contributed by atoms with Gasteiger partial charge in [0.05, 0.1) is 48.3 Å². The maximum absolute atomic E-state index is 2.26. The van der Waals surface area contributed by atoms with Crippen molar-refractivity contribution in [2.24, 2.45) is 0 Å². The number of nitrogens with one attached hydrogen (secondary N) is 1. The van der Waals surface area contributed by atoms with E-state index in [1.54, 1.807) is 4.90 Å². The molecule has 4 heteroatoms. The summed E-state index contributed by atoms with van der Waals surface area (Å²) in [5, 5.41) is 0. The standard InChI is InChI=1S/C11H27N2S2.C2H6/c1-12(2)6-8-14-10-11-15-9-7-13(3,4)5;1-2/h6-11H2,1-5H3;1-2H3/q+1;/p+1. The van der Waals surface area contributed by atoms with Crippen LogP contribution in [0.2, 0.25) is 0 Å². The first-order chi connectivity index (χ1) is 7.92. The number of quaternary nitrogens is 2. The molecule has 2 nitrogen and oxygen atoms in total. The molecule has 0 aromatic rings. The fraction of sp³-hybridized carbons (Fsp3) is 1.00. The third kappa shape index (κ3) is 22.3. The molecule has 0 aromatic heterocycles. The second-order valence-corrected chi connectivity index (χ2v) is 7.65. The van der Waals surface area contributed by atoms with Crippen molar-refractivity contribution in [1.29, 1.82) is 0 Å². The Kier molecular flexibility index (Phi) is 15.3. The fourth-order valence-corrected chi connectivity index (χ4v) is 3.52. The van der Waals surface area contributed by atoms with Gasteiger partial charge in [0.25, 0.3) is 0 Å². The van der Waals surface area contributed by atoms with E-state index in [0.717, 1.165) is 4.48 Å². The van der Waals surface area contributed by atoms with E-state index in [1.807, 2.05) is 13.8 Å². The van der Waals surface area contributed by atoms with Crippen LogP contribution in [0.5, 0.6) is 0 Å². The van der Waals surface area contributed by atoms with Crippen LogP contribution in [0.15, 0.2) is 0 Å². The first-order valence-electron chi connectivity index (χ1n) is 6.67. The Bertz CT molecular complexity index is 145. The average molecular weight is 283 g/mol. The van der Waals surface area contributed by atoms with Crippen molar-refractivity contribution in [2.75, 3.05) is 71.3 Å². The summed E-state index contributed by atoms with van der Waals surface area (Å²) in [4.78, 5) is 1.56. The molecule has 0 aromatic carbocycles. The van der Waals surface area contributed by atoms with Crippen LogP contribution < -0.4 is 4.90 Å². The average Bonchev–Trinajstić information content (AvgIpc) is 2.23. The van der Waals surface area contributed by atoms with E-state index in [4.69, 9.17) is 0 Å². The van der Waals surface area contributed by atoms with Gasteiger partial charge in [0.2, 0.25) is 0 Å². The van der Waals surface area contributed by atoms with Crippen molar-refractivity contribution < 1.29 is 9.38 Å². The smallest absolute Gasteiger partial charge is 0.0872 e. The predicted octanol–water partition coefficient (Wildman–Crippen LogP) is 1.33. The van der Waals surface area contributed by atoms with Crippen LogP contribution >= 0.6 is 23.5 Å². The van der Waals surface area contributed by atoms with Crippen molar-refractivity contribution in [2.45, 2.75) is 13.8 Å². The molecule has 0 rings (SSSR count). The monoisotopic (exact) mass is 282 g/mol. The first kappa shape index (κ1) is 19.9. The highest BCUT2D eigenvalue weighted by atomic mass is 32.2. The zero-order valence-corrected chi connectivity index (χ0v) is 14.6. The van der Waals surface area contributed by atoms with E-state index in [9.17, 15) is 0 Å². The van der Waals surface area contributed by atoms with Gasteiger partial charge in [0.15, 0.2) is 0 Å². The van der Waals surface area contributed by atoms with Gasteiger partial charge in [-0.05, 0) is 0 Å². The fourth-order valence-electron chi connectivity index (χ4n) is 0.937. The number of hydrogen-bond donors (Lipinski definition) is 1. The summed E-state index contributed by atoms with van der Waals surface area (Å²) in [6.45, 7) is 6.56. The number of thioether (sulfide) groups is 2. The Hall–Kier alpha value is 0.620. The van der Waals surface area contributed by atoms with Crippen LogP contribution in [0.4, 0.5) is 0 Å². The van der Waals surface area contributed by atoms with Gasteiger partial charge in [-0.15, -0.1) is 0 Å². The molecule has 1 N–H and O–H groups in total. The van der Waals surface area contributed by atoms with Crippen molar-refractivity contribution in [3.63, 3.8) is 0 Å². The molecule has 0 fully saturated rings. The molecule has 0 heterocycles. The topological polar surface area (TPSA) is 4.44 Å². The van der Waals surface area contributed by atoms with Gasteiger partial charge < -0.3 is 9.38 Å². The molecule has 106 valence electrons. The van der Waals surface area contributed by atoms with E-state index < -0.39 is 0 Å². The molecule has 0 amide bonds. The summed E-state index contributed by atoms with van der Waals surface area (Å²) in [5.41, 5.74) is 0. The third-order valence-corrected chi connectivity index (χ3v) is 4.23. The summed E-state index contributed by atoms with van der Waals surface area (Å²) >= 11 is 4.19. The van der Waals surface area contributed by atoms with Gasteiger partial charge in [0, 0.05) is 23.0 Å². The van der Waals surface area contributed by atoms with Gasteiger partial charge in [-0.25, -0.2) is 0 Å². The molecule has 0 atom stereocenters. The summed E-state index contributed by atoms with van der Waals surface area (Å²) in [6, 6.07) is 0. The Morgan fingerprint density at radius 1 is 0.824 bits per heavy atom. The lowest BCUT2D eigenvalue weighted by molar-refractivity contribution is -0.867. The highest BCUT2D eigenvalue weighted by Gasteiger charge is 2.05. The largest absolute Gasteiger partial charge is 0.339 e. The van der Waals surface area contributed by atoms with Gasteiger partial charge in [0.1, 0.15) is 0 Å². The van der Waals surface area contributed by atoms with Crippen molar-refractivity contribution >= 4 is 23.5 Å². The lowest BCUT2D eigenvalue weighted by Crippen LogP contribution is -3.06. The van der Waals surface area contributed by atoms with Gasteiger partial charge in [-0.3, -0.25) is 0 Å². The zero-order chi connectivity index (χ0) is 13.7. The lowest BCUT2D eigenvalue weighted by Gasteiger charge is -2.23. The van der Waals surface area contributed by atoms with Crippen LogP contribution in [-0.4, -0.2) is 75.8 Å². The summed E-state index contributed by atoms with van der Waals surface area (Å²) in [5.74, 6) is 5.23. The van der Waals surface area contributed by atoms with Crippen LogP contribution in [0.3, 0.4) is 0 Å². The Morgan fingerprint density at radius 3 is 1.71 bits per heavy atom. The van der Waals surface area contributed by atoms with E-state index in [2.05, 4.69) is 58.8 Å². The highest BCUT2D eigenvalue weighted by molar-refractivity contribution is 8.02. The van der Waals surface area contributed by atoms with Gasteiger partial charge in [-0.2, -0.15) is 23.5 Å². The molecular formula is C13H34N2S2+2. The van der Waals surface area contributed by atoms with Crippen molar-refractivity contribution in [1.82, 2.24) is 0 Å². The van der Waals surface area contributed by atoms with E-state index in [0.29, 0.717) is 0 Å². The maximum atomic E-state index is 2.26. The molecule has 0 saturated heterocycles. The van der Waals surface area contributed by atoms with E-state index in [1.165, 1.54) is 36.1 Å². The van der Waals surface area contributed by atoms with Gasteiger partial charge in [-0.1, -0.05) is 13.8 Å². The lowest BCUT2D eigenvalue weighted by atomic mass is 10.6. The highest BCUT2D eigenvalue weighted by Crippen LogP contribution is 2.07. The number of hydrogen-bond acceptors (Lipinski definition) is 2. The quantitative estimate of drug-likeness (QED) is 0.503. The number of nitrogens with zero attached hydrogens (tertiary/aromatic N) is 1. The summed E-state index contributed by atoms with van der Waals surface area (Å²) < 4.78 is 1.09.